The van der Waals surface area contributed by atoms with Gasteiger partial charge in [-0.3, -0.25) is 19.4 Å². The Bertz CT molecular complexity index is 1190. The second-order valence-electron chi connectivity index (χ2n) is 10.6. The largest absolute Gasteiger partial charge is 0.506 e. The van der Waals surface area contributed by atoms with Gasteiger partial charge in [-0.05, 0) is 49.6 Å². The van der Waals surface area contributed by atoms with Crippen molar-refractivity contribution >= 4 is 23.8 Å². The number of aromatic nitrogens is 1. The van der Waals surface area contributed by atoms with Gasteiger partial charge in [0.1, 0.15) is 11.4 Å². The lowest BCUT2D eigenvalue weighted by Gasteiger charge is -2.31. The van der Waals surface area contributed by atoms with Crippen molar-refractivity contribution in [2.75, 3.05) is 44.8 Å². The number of benzene rings is 1. The summed E-state index contributed by atoms with van der Waals surface area (Å²) in [4.78, 5) is 39.9. The number of fused-ring (bicyclic) bond motifs is 1. The maximum absolute atomic E-state index is 13.2. The highest BCUT2D eigenvalue weighted by molar-refractivity contribution is 5.97. The third kappa shape index (κ3) is 12.1. The zero-order chi connectivity index (χ0) is 31.8. The number of hydrogen-bond acceptors (Lipinski definition) is 8. The zero-order valence-corrected chi connectivity index (χ0v) is 24.7. The first kappa shape index (κ1) is 34.8. The van der Waals surface area contributed by atoms with E-state index in [4.69, 9.17) is 14.3 Å². The highest BCUT2D eigenvalue weighted by Gasteiger charge is 2.26. The summed E-state index contributed by atoms with van der Waals surface area (Å²) < 4.78 is 42.6. The van der Waals surface area contributed by atoms with E-state index in [1.165, 1.54) is 25.7 Å². The minimum Gasteiger partial charge on any atom is -0.506 e. The minimum absolute atomic E-state index is 0.00280. The molecule has 0 radical (unpaired) electrons. The van der Waals surface area contributed by atoms with Crippen molar-refractivity contribution in [2.45, 2.75) is 70.0 Å². The van der Waals surface area contributed by atoms with E-state index in [2.05, 4.69) is 20.5 Å². The van der Waals surface area contributed by atoms with Crippen LogP contribution < -0.4 is 15.4 Å². The molecule has 242 valence electrons. The maximum Gasteiger partial charge on any atom is 0.446 e. The molecule has 0 saturated heterocycles. The van der Waals surface area contributed by atoms with Gasteiger partial charge in [-0.15, -0.1) is 0 Å². The van der Waals surface area contributed by atoms with E-state index in [9.17, 15) is 27.9 Å². The monoisotopic (exact) mass is 622 g/mol. The molecule has 0 bridgehead atoms. The maximum atomic E-state index is 13.2. The topological polar surface area (TPSA) is 130 Å². The molecular formula is C31H41F3N4O6. The number of carbonyl (C=O) groups is 3. The highest BCUT2D eigenvalue weighted by atomic mass is 19.4. The number of phenols is 1. The van der Waals surface area contributed by atoms with Crippen LogP contribution in [0.25, 0.3) is 0 Å². The summed E-state index contributed by atoms with van der Waals surface area (Å²) in [5, 5.41) is 16.2. The number of phenolic OH excluding ortho intramolecular Hbond substituents is 1. The molecule has 1 aliphatic heterocycles. The standard InChI is InChI=1S/C29H40N4O5.C2HF3O/c34-25-11-10-22(29-28(25)32-26(35)21-38-29)12-16-30-17-18-33(24-8-3-1-2-4-9-24)27(36)14-20-37-19-13-23-7-5-6-15-31-23;3-2(4,5)1-6/h5-7,10-11,15,24,30,34H,1-4,8-9,12-14,16-21H2,(H,32,35);1H. The van der Waals surface area contributed by atoms with Gasteiger partial charge >= 0.3 is 6.18 Å². The molecule has 0 spiro atoms. The molecule has 3 N–H and O–H groups in total. The summed E-state index contributed by atoms with van der Waals surface area (Å²) in [5.41, 5.74) is 2.25. The van der Waals surface area contributed by atoms with Crippen LogP contribution in [0.1, 0.15) is 56.2 Å². The van der Waals surface area contributed by atoms with Crippen molar-refractivity contribution in [1.29, 1.82) is 0 Å². The number of rotatable bonds is 13. The number of amides is 2. The van der Waals surface area contributed by atoms with Gasteiger partial charge in [-0.25, -0.2) is 0 Å². The van der Waals surface area contributed by atoms with E-state index < -0.39 is 12.5 Å². The molecule has 1 fully saturated rings. The third-order valence-corrected chi connectivity index (χ3v) is 7.34. The molecule has 1 aromatic carbocycles. The van der Waals surface area contributed by atoms with Gasteiger partial charge in [0.05, 0.1) is 19.6 Å². The van der Waals surface area contributed by atoms with Crippen LogP contribution in [0.2, 0.25) is 0 Å². The smallest absolute Gasteiger partial charge is 0.446 e. The molecule has 2 aromatic rings. The van der Waals surface area contributed by atoms with Crippen molar-refractivity contribution in [3.8, 4) is 11.5 Å². The van der Waals surface area contributed by atoms with Crippen LogP contribution in [0.15, 0.2) is 36.5 Å². The van der Waals surface area contributed by atoms with Crippen LogP contribution in [-0.2, 0) is 32.0 Å². The van der Waals surface area contributed by atoms with Crippen LogP contribution in [0.4, 0.5) is 18.9 Å². The summed E-state index contributed by atoms with van der Waals surface area (Å²) in [6.07, 6.45) is 4.85. The number of nitrogens with one attached hydrogen (secondary N) is 2. The van der Waals surface area contributed by atoms with E-state index in [0.29, 0.717) is 63.2 Å². The average molecular weight is 623 g/mol. The second-order valence-corrected chi connectivity index (χ2v) is 10.6. The lowest BCUT2D eigenvalue weighted by Crippen LogP contribution is -2.44. The molecule has 4 rings (SSSR count). The number of carbonyl (C=O) groups excluding carboxylic acids is 3. The number of halogens is 3. The Morgan fingerprint density at radius 1 is 1.11 bits per heavy atom. The van der Waals surface area contributed by atoms with E-state index in [-0.39, 0.29) is 24.2 Å². The molecular weight excluding hydrogens is 581 g/mol. The summed E-state index contributed by atoms with van der Waals surface area (Å²) in [6.45, 7) is 2.98. The van der Waals surface area contributed by atoms with Crippen molar-refractivity contribution in [3.63, 3.8) is 0 Å². The van der Waals surface area contributed by atoms with Crippen LogP contribution in [0.3, 0.4) is 0 Å². The number of aromatic hydroxyl groups is 1. The third-order valence-electron chi connectivity index (χ3n) is 7.34. The molecule has 0 unspecified atom stereocenters. The summed E-state index contributed by atoms with van der Waals surface area (Å²) in [7, 11) is 0. The number of anilines is 1. The predicted octanol–water partition coefficient (Wildman–Crippen LogP) is 4.20. The minimum atomic E-state index is -4.64. The molecule has 2 aliphatic rings. The lowest BCUT2D eigenvalue weighted by atomic mass is 10.1. The number of pyridine rings is 1. The molecule has 44 heavy (non-hydrogen) atoms. The van der Waals surface area contributed by atoms with Crippen LogP contribution in [0, 0.1) is 0 Å². The first-order chi connectivity index (χ1) is 21.2. The summed E-state index contributed by atoms with van der Waals surface area (Å²) in [6, 6.07) is 9.54. The van der Waals surface area contributed by atoms with Crippen molar-refractivity contribution in [3.05, 3.63) is 47.8 Å². The molecule has 1 aromatic heterocycles. The zero-order valence-electron chi connectivity index (χ0n) is 24.7. The van der Waals surface area contributed by atoms with Crippen molar-refractivity contribution in [1.82, 2.24) is 15.2 Å². The molecule has 13 heteroatoms. The van der Waals surface area contributed by atoms with Gasteiger partial charge < -0.3 is 30.1 Å². The van der Waals surface area contributed by atoms with Gasteiger partial charge in [0.2, 0.25) is 12.2 Å². The first-order valence-electron chi connectivity index (χ1n) is 15.0. The first-order valence-corrected chi connectivity index (χ1v) is 15.0. The Hall–Kier alpha value is -3.71. The fraction of sp³-hybridized carbons (Fsp3) is 0.548. The van der Waals surface area contributed by atoms with E-state index in [1.54, 1.807) is 12.3 Å². The van der Waals surface area contributed by atoms with E-state index in [1.807, 2.05) is 24.3 Å². The number of alkyl halides is 3. The molecule has 2 heterocycles. The average Bonchev–Trinajstić information content (AvgIpc) is 3.30. The van der Waals surface area contributed by atoms with Crippen LogP contribution in [0.5, 0.6) is 11.5 Å². The van der Waals surface area contributed by atoms with Crippen LogP contribution >= 0.6 is 0 Å². The molecule has 0 atom stereocenters. The number of aldehydes is 1. The number of ether oxygens (including phenoxy) is 2. The van der Waals surface area contributed by atoms with E-state index >= 15 is 0 Å². The number of hydrogen-bond donors (Lipinski definition) is 3. The van der Waals surface area contributed by atoms with Gasteiger partial charge in [0.15, 0.2) is 12.4 Å². The van der Waals surface area contributed by atoms with E-state index in [0.717, 1.165) is 30.5 Å². The molecule has 1 aliphatic carbocycles. The van der Waals surface area contributed by atoms with Crippen molar-refractivity contribution < 1.29 is 42.1 Å². The Morgan fingerprint density at radius 2 is 1.86 bits per heavy atom. The van der Waals surface area contributed by atoms with Crippen LogP contribution in [-0.4, -0.2) is 84.8 Å². The fourth-order valence-electron chi connectivity index (χ4n) is 5.17. The Balaban J connectivity index is 0.000000801. The molecule has 1 saturated carbocycles. The summed E-state index contributed by atoms with van der Waals surface area (Å²) in [5.74, 6) is 0.422. The van der Waals surface area contributed by atoms with Crippen molar-refractivity contribution in [2.24, 2.45) is 0 Å². The quantitative estimate of drug-likeness (QED) is 0.131. The predicted molar refractivity (Wildman–Crippen MR) is 158 cm³/mol. The molecule has 2 amide bonds. The Labute approximate surface area is 255 Å². The Morgan fingerprint density at radius 3 is 2.55 bits per heavy atom. The van der Waals surface area contributed by atoms with Gasteiger partial charge in [0, 0.05) is 37.4 Å². The highest BCUT2D eigenvalue weighted by Crippen LogP contribution is 2.39. The number of nitrogens with zero attached hydrogens (tertiary/aromatic N) is 2. The van der Waals surface area contributed by atoms with Gasteiger partial charge in [-0.1, -0.05) is 37.8 Å². The SMILES string of the molecule is O=C1COc2c(CCNCCN(C(=O)CCOCCc3ccccn3)C3CCCCCC3)ccc(O)c2N1.O=CC(F)(F)F. The second kappa shape index (κ2) is 18.2. The normalized spacial score (nSPS) is 15.1. The molecule has 10 nitrogen and oxygen atoms in total. The van der Waals surface area contributed by atoms with Gasteiger partial charge in [-0.2, -0.15) is 13.2 Å². The lowest BCUT2D eigenvalue weighted by molar-refractivity contribution is -0.156. The Kier molecular flexibility index (Phi) is 14.4. The van der Waals surface area contributed by atoms with Gasteiger partial charge in [0.25, 0.3) is 5.91 Å². The summed E-state index contributed by atoms with van der Waals surface area (Å²) >= 11 is 0. The fourth-order valence-corrected chi connectivity index (χ4v) is 5.17.